The summed E-state index contributed by atoms with van der Waals surface area (Å²) in [6.07, 6.45) is 8.54. The van der Waals surface area contributed by atoms with E-state index < -0.39 is 18.4 Å². The summed E-state index contributed by atoms with van der Waals surface area (Å²) in [5.41, 5.74) is 0.0291. The van der Waals surface area contributed by atoms with Gasteiger partial charge in [-0.05, 0) is 0 Å². The van der Waals surface area contributed by atoms with Gasteiger partial charge in [-0.25, -0.2) is 0 Å². The molecule has 0 aliphatic heterocycles. The Balaban J connectivity index is 1.85. The minimum absolute atomic E-state index is 0.0291. The van der Waals surface area contributed by atoms with Crippen LogP contribution in [-0.4, -0.2) is 43.7 Å². The Morgan fingerprint density at radius 3 is 1.69 bits per heavy atom. The van der Waals surface area contributed by atoms with Crippen molar-refractivity contribution in [3.8, 4) is 0 Å². The van der Waals surface area contributed by atoms with E-state index in [2.05, 4.69) is 116 Å². The summed E-state index contributed by atoms with van der Waals surface area (Å²) >= 11 is -3.51. The summed E-state index contributed by atoms with van der Waals surface area (Å²) in [4.78, 5) is 0. The van der Waals surface area contributed by atoms with E-state index in [0.29, 0.717) is 15.8 Å². The van der Waals surface area contributed by atoms with Crippen LogP contribution < -0.4 is 10.7 Å². The van der Waals surface area contributed by atoms with E-state index in [-0.39, 0.29) is 5.41 Å². The van der Waals surface area contributed by atoms with Crippen LogP contribution in [0.25, 0.3) is 0 Å². The van der Waals surface area contributed by atoms with Gasteiger partial charge in [0.2, 0.25) is 0 Å². The third-order valence-corrected chi connectivity index (χ3v) is 24.0. The van der Waals surface area contributed by atoms with E-state index in [0.717, 1.165) is 0 Å². The fourth-order valence-electron chi connectivity index (χ4n) is 6.47. The van der Waals surface area contributed by atoms with Gasteiger partial charge in [-0.15, -0.1) is 0 Å². The molecule has 3 aromatic rings. The normalized spacial score (nSPS) is 26.7. The topological polar surface area (TPSA) is 15.6 Å². The van der Waals surface area contributed by atoms with E-state index in [1.165, 1.54) is 6.42 Å². The monoisotopic (exact) mass is 528 g/mol. The molecule has 4 atom stereocenters. The molecule has 5 rings (SSSR count). The van der Waals surface area contributed by atoms with Crippen molar-refractivity contribution < 1.29 is 0 Å². The summed E-state index contributed by atoms with van der Waals surface area (Å²) in [7, 11) is 4.06. The van der Waals surface area contributed by atoms with Crippen LogP contribution in [-0.2, 0) is 0 Å². The average Bonchev–Trinajstić information content (AvgIpc) is 3.42. The van der Waals surface area contributed by atoms with E-state index in [1.807, 2.05) is 19.1 Å². The van der Waals surface area contributed by atoms with Crippen LogP contribution >= 0.6 is 0 Å². The van der Waals surface area contributed by atoms with Crippen LogP contribution in [0.15, 0.2) is 108 Å². The zero-order valence-corrected chi connectivity index (χ0v) is 22.1. The molecule has 2 aliphatic carbocycles. The van der Waals surface area contributed by atoms with Crippen LogP contribution in [0.2, 0.25) is 3.93 Å². The van der Waals surface area contributed by atoms with Crippen molar-refractivity contribution in [2.75, 3.05) is 14.1 Å². The number of hydrogen-bond donors (Lipinski definition) is 0. The number of rotatable bonds is 6. The molecule has 162 valence electrons. The second-order valence-corrected chi connectivity index (χ2v) is 21.1. The molecule has 3 aromatic carbocycles. The predicted octanol–water partition coefficient (Wildman–Crippen LogP) is 4.29. The van der Waals surface area contributed by atoms with Crippen molar-refractivity contribution >= 4 is 35.3 Å². The number of nitrogens with zero attached hydrogens (tertiary/aromatic N) is 2. The third kappa shape index (κ3) is 3.35. The Kier molecular flexibility index (Phi) is 5.75. The van der Waals surface area contributed by atoms with Crippen LogP contribution in [0.5, 0.6) is 0 Å². The molecule has 0 saturated heterocycles. The molecule has 0 heterocycles. The van der Waals surface area contributed by atoms with Gasteiger partial charge in [-0.3, -0.25) is 0 Å². The standard InChI is InChI=1S/C11H17N2.3C6H5.Sn/c1-11(8-12-13(2)3)7-9-4-5-10(11)6-9;3*1-2-4-6-5-3-1;/h4-5,7-10H,6H2,1-3H3;3*1-5H;/b12-8+;;;;/t9-,10+,11-;;;;/m0..../s1. The number of hydrogen-bond acceptors (Lipinski definition) is 2. The van der Waals surface area contributed by atoms with Gasteiger partial charge >= 0.3 is 197 Å². The van der Waals surface area contributed by atoms with Gasteiger partial charge in [-0.2, -0.15) is 0 Å². The van der Waals surface area contributed by atoms with Gasteiger partial charge in [0, 0.05) is 0 Å². The molecule has 3 heteroatoms. The number of allylic oxidation sites excluding steroid dienone is 2. The predicted molar refractivity (Wildman–Crippen MR) is 139 cm³/mol. The molecule has 32 heavy (non-hydrogen) atoms. The molecule has 2 aliphatic rings. The third-order valence-electron chi connectivity index (χ3n) is 7.73. The molecule has 0 spiro atoms. The molecular formula is C29H32N2Sn. The van der Waals surface area contributed by atoms with E-state index in [1.54, 1.807) is 10.7 Å². The molecule has 0 unspecified atom stereocenters. The zero-order chi connectivity index (χ0) is 22.2. The average molecular weight is 527 g/mol. The fraction of sp³-hybridized carbons (Fsp3) is 0.276. The Bertz CT molecular complexity index is 1010. The van der Waals surface area contributed by atoms with Crippen LogP contribution in [0.3, 0.4) is 0 Å². The van der Waals surface area contributed by atoms with Crippen molar-refractivity contribution in [2.24, 2.45) is 22.4 Å². The molecule has 0 radical (unpaired) electrons. The molecular weight excluding hydrogens is 495 g/mol. The van der Waals surface area contributed by atoms with E-state index in [4.69, 9.17) is 5.10 Å². The summed E-state index contributed by atoms with van der Waals surface area (Å²) in [5.74, 6) is 1.14. The summed E-state index contributed by atoms with van der Waals surface area (Å²) in [5, 5.41) is 6.80. The van der Waals surface area contributed by atoms with Crippen molar-refractivity contribution in [1.82, 2.24) is 5.01 Å². The van der Waals surface area contributed by atoms with Crippen LogP contribution in [0.4, 0.5) is 0 Å². The van der Waals surface area contributed by atoms with E-state index in [9.17, 15) is 0 Å². The second-order valence-electron chi connectivity index (χ2n) is 9.73. The zero-order valence-electron chi connectivity index (χ0n) is 19.2. The summed E-state index contributed by atoms with van der Waals surface area (Å²) in [6, 6.07) is 34.4. The first-order chi connectivity index (χ1) is 15.6. The van der Waals surface area contributed by atoms with Gasteiger partial charge in [-0.1, -0.05) is 0 Å². The van der Waals surface area contributed by atoms with Gasteiger partial charge in [0.25, 0.3) is 0 Å². The Morgan fingerprint density at radius 2 is 1.25 bits per heavy atom. The Labute approximate surface area is 196 Å². The van der Waals surface area contributed by atoms with Gasteiger partial charge in [0.1, 0.15) is 0 Å². The van der Waals surface area contributed by atoms with Gasteiger partial charge < -0.3 is 0 Å². The summed E-state index contributed by atoms with van der Waals surface area (Å²) in [6.45, 7) is 2.49. The minimum atomic E-state index is -3.51. The maximum absolute atomic E-state index is 4.85. The van der Waals surface area contributed by atoms with Gasteiger partial charge in [0.05, 0.1) is 0 Å². The first-order valence-corrected chi connectivity index (χ1v) is 17.6. The number of benzene rings is 3. The molecule has 0 aromatic heterocycles. The quantitative estimate of drug-likeness (QED) is 0.202. The van der Waals surface area contributed by atoms with E-state index >= 15 is 0 Å². The molecule has 1 fully saturated rings. The second kappa shape index (κ2) is 8.55. The SMILES string of the molecule is CN(C)/N=C/[C@@]1(C)[C@@H]2C=C[C@@H](C2)[C@H]1[Sn]([c]1ccccc1)([c]1ccccc1)[c]1ccccc1. The molecule has 2 nitrogen and oxygen atoms in total. The summed E-state index contributed by atoms with van der Waals surface area (Å²) < 4.78 is 5.25. The van der Waals surface area contributed by atoms with Gasteiger partial charge in [0.15, 0.2) is 0 Å². The molecule has 0 amide bonds. The first-order valence-electron chi connectivity index (χ1n) is 11.6. The van der Waals surface area contributed by atoms with Crippen LogP contribution in [0.1, 0.15) is 13.3 Å². The van der Waals surface area contributed by atoms with Crippen molar-refractivity contribution in [3.63, 3.8) is 0 Å². The Hall–Kier alpha value is -2.33. The van der Waals surface area contributed by atoms with Crippen molar-refractivity contribution in [3.05, 3.63) is 103 Å². The maximum atomic E-state index is 4.85. The molecule has 1 saturated carbocycles. The molecule has 2 bridgehead atoms. The fourth-order valence-corrected chi connectivity index (χ4v) is 24.6. The number of fused-ring (bicyclic) bond motifs is 2. The number of hydrazone groups is 1. The van der Waals surface area contributed by atoms with Crippen LogP contribution in [0, 0.1) is 17.3 Å². The molecule has 0 N–H and O–H groups in total. The van der Waals surface area contributed by atoms with Crippen molar-refractivity contribution in [1.29, 1.82) is 0 Å². The Morgan fingerprint density at radius 1 is 0.781 bits per heavy atom. The van der Waals surface area contributed by atoms with Crippen molar-refractivity contribution in [2.45, 2.75) is 17.3 Å². The first kappa shape index (κ1) is 21.5.